The molecule has 0 saturated carbocycles. The topological polar surface area (TPSA) is 39.4 Å². The quantitative estimate of drug-likeness (QED) is 0.648. The Morgan fingerprint density at radius 1 is 1.58 bits per heavy atom. The molecule has 3 heteroatoms. The van der Waals surface area contributed by atoms with Crippen molar-refractivity contribution in [3.63, 3.8) is 0 Å². The van der Waals surface area contributed by atoms with Crippen LogP contribution in [0.3, 0.4) is 0 Å². The van der Waals surface area contributed by atoms with Crippen LogP contribution in [-0.2, 0) is 11.2 Å². The van der Waals surface area contributed by atoms with E-state index in [1.807, 2.05) is 0 Å². The highest BCUT2D eigenvalue weighted by Crippen LogP contribution is 2.10. The van der Waals surface area contributed by atoms with Gasteiger partial charge in [-0.1, -0.05) is 6.92 Å². The summed E-state index contributed by atoms with van der Waals surface area (Å²) in [7, 11) is 1.34. The third kappa shape index (κ3) is 1.87. The Balaban J connectivity index is 2.70. The summed E-state index contributed by atoms with van der Waals surface area (Å²) in [5, 5.41) is 0. The molecule has 0 bridgehead atoms. The van der Waals surface area contributed by atoms with Gasteiger partial charge >= 0.3 is 5.97 Å². The molecule has 66 valence electrons. The molecule has 0 fully saturated rings. The Morgan fingerprint density at radius 3 is 2.92 bits per heavy atom. The molecule has 1 heterocycles. The zero-order chi connectivity index (χ0) is 8.97. The molecule has 12 heavy (non-hydrogen) atoms. The van der Waals surface area contributed by atoms with Crippen LogP contribution in [0.4, 0.5) is 0 Å². The van der Waals surface area contributed by atoms with E-state index in [9.17, 15) is 4.79 Å². The fourth-order valence-electron chi connectivity index (χ4n) is 0.969. The van der Waals surface area contributed by atoms with Gasteiger partial charge in [0.2, 0.25) is 5.76 Å². The van der Waals surface area contributed by atoms with E-state index in [4.69, 9.17) is 4.42 Å². The van der Waals surface area contributed by atoms with Crippen LogP contribution in [0, 0.1) is 0 Å². The number of esters is 1. The summed E-state index contributed by atoms with van der Waals surface area (Å²) < 4.78 is 9.70. The van der Waals surface area contributed by atoms with E-state index in [0.29, 0.717) is 0 Å². The first kappa shape index (κ1) is 8.84. The summed E-state index contributed by atoms with van der Waals surface area (Å²) in [4.78, 5) is 10.9. The molecule has 0 N–H and O–H groups in total. The Morgan fingerprint density at radius 2 is 2.33 bits per heavy atom. The van der Waals surface area contributed by atoms with E-state index in [0.717, 1.165) is 18.6 Å². The number of ether oxygens (including phenoxy) is 1. The average Bonchev–Trinajstić information content (AvgIpc) is 2.52. The number of methoxy groups -OCH3 is 1. The van der Waals surface area contributed by atoms with E-state index in [2.05, 4.69) is 11.7 Å². The lowest BCUT2D eigenvalue weighted by Gasteiger charge is -1.93. The standard InChI is InChI=1S/C9H12O3/c1-3-4-7-5-6-8(12-7)9(10)11-2/h5-6H,3-4H2,1-2H3. The predicted molar refractivity (Wildman–Crippen MR) is 44.0 cm³/mol. The molecule has 0 atom stereocenters. The lowest BCUT2D eigenvalue weighted by Crippen LogP contribution is -1.98. The molecular weight excluding hydrogens is 156 g/mol. The van der Waals surface area contributed by atoms with Gasteiger partial charge in [0.05, 0.1) is 7.11 Å². The summed E-state index contributed by atoms with van der Waals surface area (Å²) in [6.07, 6.45) is 1.87. The van der Waals surface area contributed by atoms with Gasteiger partial charge in [-0.3, -0.25) is 0 Å². The molecule has 3 nitrogen and oxygen atoms in total. The van der Waals surface area contributed by atoms with Crippen LogP contribution in [0.15, 0.2) is 16.5 Å². The number of furan rings is 1. The molecule has 0 amide bonds. The second-order valence-electron chi connectivity index (χ2n) is 2.51. The van der Waals surface area contributed by atoms with Crippen LogP contribution in [0.1, 0.15) is 29.7 Å². The van der Waals surface area contributed by atoms with Crippen molar-refractivity contribution in [2.45, 2.75) is 19.8 Å². The molecule has 1 aromatic rings. The zero-order valence-corrected chi connectivity index (χ0v) is 7.29. The first-order valence-electron chi connectivity index (χ1n) is 3.95. The van der Waals surface area contributed by atoms with Gasteiger partial charge in [-0.2, -0.15) is 0 Å². The second kappa shape index (κ2) is 3.95. The van der Waals surface area contributed by atoms with Crippen LogP contribution < -0.4 is 0 Å². The van der Waals surface area contributed by atoms with Gasteiger partial charge in [0.15, 0.2) is 0 Å². The minimum absolute atomic E-state index is 0.279. The molecule has 0 aliphatic heterocycles. The average molecular weight is 168 g/mol. The predicted octanol–water partition coefficient (Wildman–Crippen LogP) is 2.02. The zero-order valence-electron chi connectivity index (χ0n) is 7.29. The lowest BCUT2D eigenvalue weighted by molar-refractivity contribution is 0.0563. The molecule has 0 aromatic carbocycles. The Labute approximate surface area is 71.3 Å². The highest BCUT2D eigenvalue weighted by atomic mass is 16.5. The summed E-state index contributed by atoms with van der Waals surface area (Å²) in [5.41, 5.74) is 0. The van der Waals surface area contributed by atoms with Gasteiger partial charge in [0, 0.05) is 6.42 Å². The van der Waals surface area contributed by atoms with Crippen LogP contribution in [0.5, 0.6) is 0 Å². The van der Waals surface area contributed by atoms with Crippen LogP contribution >= 0.6 is 0 Å². The maximum atomic E-state index is 10.9. The van der Waals surface area contributed by atoms with Crippen molar-refractivity contribution < 1.29 is 13.9 Å². The van der Waals surface area contributed by atoms with Crippen molar-refractivity contribution in [3.8, 4) is 0 Å². The number of hydrogen-bond donors (Lipinski definition) is 0. The van der Waals surface area contributed by atoms with Gasteiger partial charge in [-0.05, 0) is 18.6 Å². The summed E-state index contributed by atoms with van der Waals surface area (Å²) in [6.45, 7) is 2.06. The van der Waals surface area contributed by atoms with Gasteiger partial charge in [0.25, 0.3) is 0 Å². The lowest BCUT2D eigenvalue weighted by atomic mass is 10.3. The van der Waals surface area contributed by atoms with Gasteiger partial charge in [-0.25, -0.2) is 4.79 Å². The molecule has 0 aliphatic rings. The van der Waals surface area contributed by atoms with E-state index >= 15 is 0 Å². The van der Waals surface area contributed by atoms with E-state index in [1.54, 1.807) is 12.1 Å². The fraction of sp³-hybridized carbons (Fsp3) is 0.444. The number of aryl methyl sites for hydroxylation is 1. The largest absolute Gasteiger partial charge is 0.463 e. The van der Waals surface area contributed by atoms with Crippen molar-refractivity contribution in [1.29, 1.82) is 0 Å². The Kier molecular flexibility index (Phi) is 2.91. The number of hydrogen-bond acceptors (Lipinski definition) is 3. The molecule has 0 radical (unpaired) electrons. The van der Waals surface area contributed by atoms with E-state index in [1.165, 1.54) is 7.11 Å². The van der Waals surface area contributed by atoms with Crippen molar-refractivity contribution >= 4 is 5.97 Å². The highest BCUT2D eigenvalue weighted by molar-refractivity contribution is 5.86. The van der Waals surface area contributed by atoms with Crippen molar-refractivity contribution in [2.75, 3.05) is 7.11 Å². The molecular formula is C9H12O3. The van der Waals surface area contributed by atoms with Crippen LogP contribution in [0.2, 0.25) is 0 Å². The van der Waals surface area contributed by atoms with Gasteiger partial charge in [-0.15, -0.1) is 0 Å². The molecule has 1 aromatic heterocycles. The smallest absolute Gasteiger partial charge is 0.373 e. The van der Waals surface area contributed by atoms with Gasteiger partial charge in [0.1, 0.15) is 5.76 Å². The Bertz CT molecular complexity index is 262. The third-order valence-electron chi connectivity index (χ3n) is 1.54. The molecule has 0 aliphatic carbocycles. The summed E-state index contributed by atoms with van der Waals surface area (Å²) in [6, 6.07) is 3.44. The van der Waals surface area contributed by atoms with E-state index < -0.39 is 5.97 Å². The van der Waals surface area contributed by atoms with Crippen molar-refractivity contribution in [1.82, 2.24) is 0 Å². The summed E-state index contributed by atoms with van der Waals surface area (Å²) in [5.74, 6) is 0.691. The maximum Gasteiger partial charge on any atom is 0.373 e. The SMILES string of the molecule is CCCc1ccc(C(=O)OC)o1. The van der Waals surface area contributed by atoms with E-state index in [-0.39, 0.29) is 5.76 Å². The maximum absolute atomic E-state index is 10.9. The van der Waals surface area contributed by atoms with Crippen molar-refractivity contribution in [2.24, 2.45) is 0 Å². The molecule has 1 rings (SSSR count). The Hall–Kier alpha value is -1.25. The molecule has 0 unspecified atom stereocenters. The van der Waals surface area contributed by atoms with Crippen LogP contribution in [0.25, 0.3) is 0 Å². The van der Waals surface area contributed by atoms with Crippen LogP contribution in [-0.4, -0.2) is 13.1 Å². The number of rotatable bonds is 3. The first-order chi connectivity index (χ1) is 5.77. The molecule has 0 saturated heterocycles. The first-order valence-corrected chi connectivity index (χ1v) is 3.95. The second-order valence-corrected chi connectivity index (χ2v) is 2.51. The normalized spacial score (nSPS) is 9.83. The fourth-order valence-corrected chi connectivity index (χ4v) is 0.969. The van der Waals surface area contributed by atoms with Crippen molar-refractivity contribution in [3.05, 3.63) is 23.7 Å². The summed E-state index contributed by atoms with van der Waals surface area (Å²) >= 11 is 0. The third-order valence-corrected chi connectivity index (χ3v) is 1.54. The number of carbonyl (C=O) groups excluding carboxylic acids is 1. The highest BCUT2D eigenvalue weighted by Gasteiger charge is 2.09. The van der Waals surface area contributed by atoms with Gasteiger partial charge < -0.3 is 9.15 Å². The minimum atomic E-state index is -0.419. The number of carbonyl (C=O) groups is 1. The molecule has 0 spiro atoms. The minimum Gasteiger partial charge on any atom is -0.463 e. The monoisotopic (exact) mass is 168 g/mol.